The van der Waals surface area contributed by atoms with Crippen LogP contribution < -0.4 is 5.32 Å². The highest BCUT2D eigenvalue weighted by atomic mass is 79.9. The fourth-order valence-electron chi connectivity index (χ4n) is 2.71. The van der Waals surface area contributed by atoms with Gasteiger partial charge in [0.25, 0.3) is 0 Å². The van der Waals surface area contributed by atoms with Gasteiger partial charge in [-0.25, -0.2) is 14.4 Å². The zero-order chi connectivity index (χ0) is 18.6. The summed E-state index contributed by atoms with van der Waals surface area (Å²) in [7, 11) is 0. The van der Waals surface area contributed by atoms with Crippen LogP contribution in [0.15, 0.2) is 89.4 Å². The van der Waals surface area contributed by atoms with Gasteiger partial charge in [0.1, 0.15) is 11.6 Å². The molecule has 132 valence electrons. The summed E-state index contributed by atoms with van der Waals surface area (Å²) in [5, 5.41) is 3.18. The Morgan fingerprint density at radius 2 is 1.52 bits per heavy atom. The first kappa shape index (κ1) is 17.4. The van der Waals surface area contributed by atoms with Gasteiger partial charge in [-0.15, -0.1) is 0 Å². The zero-order valence-corrected chi connectivity index (χ0v) is 15.8. The molecule has 0 saturated heterocycles. The molecule has 0 atom stereocenters. The van der Waals surface area contributed by atoms with Gasteiger partial charge in [-0.05, 0) is 30.3 Å². The number of nitrogens with one attached hydrogen (secondary N) is 1. The third kappa shape index (κ3) is 4.20. The number of nitrogens with zero attached hydrogens (tertiary/aromatic N) is 2. The molecular formula is C22H15BrFN3. The molecule has 0 unspecified atom stereocenters. The van der Waals surface area contributed by atoms with Crippen LogP contribution in [0.5, 0.6) is 0 Å². The molecule has 4 aromatic rings. The van der Waals surface area contributed by atoms with Gasteiger partial charge in [-0.2, -0.15) is 0 Å². The number of halogens is 2. The van der Waals surface area contributed by atoms with E-state index < -0.39 is 0 Å². The summed E-state index contributed by atoms with van der Waals surface area (Å²) in [6, 6.07) is 25.9. The molecule has 5 heteroatoms. The Morgan fingerprint density at radius 1 is 0.741 bits per heavy atom. The number of benzene rings is 3. The molecule has 0 aliphatic rings. The van der Waals surface area contributed by atoms with Crippen molar-refractivity contribution in [1.29, 1.82) is 0 Å². The van der Waals surface area contributed by atoms with Gasteiger partial charge in [0.05, 0.1) is 5.69 Å². The summed E-state index contributed by atoms with van der Waals surface area (Å²) in [5.74, 6) is 0.903. The minimum Gasteiger partial charge on any atom is -0.340 e. The van der Waals surface area contributed by atoms with Crippen molar-refractivity contribution in [3.8, 4) is 22.6 Å². The standard InChI is InChI=1S/C22H15BrFN3/c23-17-11-9-16(10-12-17)22-26-20(15-5-2-1-3-6-15)14-21(27-22)25-19-8-4-7-18(24)13-19/h1-14H,(H,25,26,27). The van der Waals surface area contributed by atoms with Crippen molar-refractivity contribution >= 4 is 27.4 Å². The van der Waals surface area contributed by atoms with Gasteiger partial charge in [-0.1, -0.05) is 64.5 Å². The highest BCUT2D eigenvalue weighted by molar-refractivity contribution is 9.10. The number of hydrogen-bond acceptors (Lipinski definition) is 3. The smallest absolute Gasteiger partial charge is 0.162 e. The predicted molar refractivity (Wildman–Crippen MR) is 110 cm³/mol. The van der Waals surface area contributed by atoms with Crippen LogP contribution in [0, 0.1) is 5.82 Å². The van der Waals surface area contributed by atoms with Crippen molar-refractivity contribution in [3.63, 3.8) is 0 Å². The normalized spacial score (nSPS) is 10.6. The Balaban J connectivity index is 1.80. The van der Waals surface area contributed by atoms with Crippen molar-refractivity contribution in [1.82, 2.24) is 9.97 Å². The van der Waals surface area contributed by atoms with E-state index in [0.29, 0.717) is 17.3 Å². The van der Waals surface area contributed by atoms with Crippen LogP contribution in [0.25, 0.3) is 22.6 Å². The van der Waals surface area contributed by atoms with Crippen LogP contribution >= 0.6 is 15.9 Å². The maximum absolute atomic E-state index is 13.5. The minimum absolute atomic E-state index is 0.300. The molecule has 0 radical (unpaired) electrons. The van der Waals surface area contributed by atoms with Crippen molar-refractivity contribution in [3.05, 3.63) is 95.2 Å². The second kappa shape index (κ2) is 7.68. The topological polar surface area (TPSA) is 37.8 Å². The second-order valence-electron chi connectivity index (χ2n) is 5.97. The van der Waals surface area contributed by atoms with Crippen LogP contribution in [0.4, 0.5) is 15.9 Å². The van der Waals surface area contributed by atoms with E-state index in [1.807, 2.05) is 60.7 Å². The number of anilines is 2. The molecule has 0 fully saturated rings. The lowest BCUT2D eigenvalue weighted by Crippen LogP contribution is -1.99. The molecule has 0 spiro atoms. The molecule has 0 aliphatic heterocycles. The van der Waals surface area contributed by atoms with Crippen molar-refractivity contribution in [2.75, 3.05) is 5.32 Å². The molecule has 27 heavy (non-hydrogen) atoms. The summed E-state index contributed by atoms with van der Waals surface area (Å²) >= 11 is 3.45. The summed E-state index contributed by atoms with van der Waals surface area (Å²) < 4.78 is 14.5. The molecule has 0 aliphatic carbocycles. The minimum atomic E-state index is -0.300. The maximum atomic E-state index is 13.5. The SMILES string of the molecule is Fc1cccc(Nc2cc(-c3ccccc3)nc(-c3ccc(Br)cc3)n2)c1. The Kier molecular flexibility index (Phi) is 4.94. The van der Waals surface area contributed by atoms with Crippen LogP contribution in [-0.2, 0) is 0 Å². The largest absolute Gasteiger partial charge is 0.340 e. The Labute approximate surface area is 165 Å². The van der Waals surface area contributed by atoms with Gasteiger partial charge in [0.2, 0.25) is 0 Å². The third-order valence-electron chi connectivity index (χ3n) is 4.00. The third-order valence-corrected chi connectivity index (χ3v) is 4.52. The van der Waals surface area contributed by atoms with Gasteiger partial charge >= 0.3 is 0 Å². The van der Waals surface area contributed by atoms with Crippen molar-refractivity contribution in [2.24, 2.45) is 0 Å². The van der Waals surface area contributed by atoms with E-state index in [4.69, 9.17) is 4.98 Å². The molecule has 4 rings (SSSR count). The van der Waals surface area contributed by atoms with E-state index in [-0.39, 0.29) is 5.82 Å². The van der Waals surface area contributed by atoms with Gasteiger partial charge in [0.15, 0.2) is 5.82 Å². The van der Waals surface area contributed by atoms with Gasteiger partial charge < -0.3 is 5.32 Å². The fourth-order valence-corrected chi connectivity index (χ4v) is 2.97. The first-order valence-electron chi connectivity index (χ1n) is 8.40. The molecule has 3 nitrogen and oxygen atoms in total. The molecule has 1 aromatic heterocycles. The van der Waals surface area contributed by atoms with Crippen molar-refractivity contribution < 1.29 is 4.39 Å². The fraction of sp³-hybridized carbons (Fsp3) is 0. The summed E-state index contributed by atoms with van der Waals surface area (Å²) in [5.41, 5.74) is 3.32. The van der Waals surface area contributed by atoms with E-state index in [9.17, 15) is 4.39 Å². The highest BCUT2D eigenvalue weighted by Gasteiger charge is 2.09. The van der Waals surface area contributed by atoms with E-state index in [1.54, 1.807) is 12.1 Å². The molecule has 1 N–H and O–H groups in total. The summed E-state index contributed by atoms with van der Waals surface area (Å²) in [4.78, 5) is 9.35. The lowest BCUT2D eigenvalue weighted by Gasteiger charge is -2.11. The Hall–Kier alpha value is -3.05. The first-order valence-corrected chi connectivity index (χ1v) is 9.20. The number of hydrogen-bond donors (Lipinski definition) is 1. The summed E-state index contributed by atoms with van der Waals surface area (Å²) in [6.45, 7) is 0. The number of aromatic nitrogens is 2. The molecule has 0 saturated carbocycles. The van der Waals surface area contributed by atoms with Gasteiger partial charge in [0, 0.05) is 27.4 Å². The predicted octanol–water partition coefficient (Wildman–Crippen LogP) is 6.46. The quantitative estimate of drug-likeness (QED) is 0.412. The second-order valence-corrected chi connectivity index (χ2v) is 6.89. The average molecular weight is 420 g/mol. The van der Waals surface area contributed by atoms with E-state index >= 15 is 0 Å². The van der Waals surface area contributed by atoms with Crippen LogP contribution in [0.1, 0.15) is 0 Å². The Bertz CT molecular complexity index is 1070. The van der Waals surface area contributed by atoms with Crippen LogP contribution in [0.3, 0.4) is 0 Å². The lowest BCUT2D eigenvalue weighted by molar-refractivity contribution is 0.628. The molecule has 0 amide bonds. The molecule has 0 bridgehead atoms. The monoisotopic (exact) mass is 419 g/mol. The zero-order valence-electron chi connectivity index (χ0n) is 14.2. The van der Waals surface area contributed by atoms with Crippen LogP contribution in [-0.4, -0.2) is 9.97 Å². The first-order chi connectivity index (χ1) is 13.2. The molecule has 3 aromatic carbocycles. The molecular weight excluding hydrogens is 405 g/mol. The highest BCUT2D eigenvalue weighted by Crippen LogP contribution is 2.27. The van der Waals surface area contributed by atoms with Crippen LogP contribution in [0.2, 0.25) is 0 Å². The van der Waals surface area contributed by atoms with E-state index in [1.165, 1.54) is 12.1 Å². The van der Waals surface area contributed by atoms with E-state index in [2.05, 4.69) is 26.2 Å². The molecule has 1 heterocycles. The average Bonchev–Trinajstić information content (AvgIpc) is 2.69. The van der Waals surface area contributed by atoms with E-state index in [0.717, 1.165) is 21.3 Å². The number of rotatable bonds is 4. The maximum Gasteiger partial charge on any atom is 0.162 e. The Morgan fingerprint density at radius 3 is 2.26 bits per heavy atom. The van der Waals surface area contributed by atoms with Crippen molar-refractivity contribution in [2.45, 2.75) is 0 Å². The summed E-state index contributed by atoms with van der Waals surface area (Å²) in [6.07, 6.45) is 0. The van der Waals surface area contributed by atoms with Gasteiger partial charge in [-0.3, -0.25) is 0 Å². The lowest BCUT2D eigenvalue weighted by atomic mass is 10.1.